The summed E-state index contributed by atoms with van der Waals surface area (Å²) < 4.78 is 32.3. The minimum absolute atomic E-state index is 0.0465. The molecule has 0 fully saturated rings. The third kappa shape index (κ3) is 5.06. The molecule has 0 atom stereocenters. The average Bonchev–Trinajstić information content (AvgIpc) is 3.19. The molecule has 0 radical (unpaired) electrons. The van der Waals surface area contributed by atoms with E-state index in [0.29, 0.717) is 17.0 Å². The molecule has 142 valence electrons. The fourth-order valence-electron chi connectivity index (χ4n) is 2.17. The van der Waals surface area contributed by atoms with Gasteiger partial charge in [0.2, 0.25) is 0 Å². The van der Waals surface area contributed by atoms with Crippen LogP contribution in [-0.2, 0) is 14.8 Å². The summed E-state index contributed by atoms with van der Waals surface area (Å²) in [7, 11) is -3.75. The van der Waals surface area contributed by atoms with Crippen LogP contribution < -0.4 is 14.8 Å². The number of carbonyl (C=O) groups is 1. The molecule has 1 aromatic heterocycles. The Kier molecular flexibility index (Phi) is 5.88. The van der Waals surface area contributed by atoms with Gasteiger partial charge in [-0.3, -0.25) is 9.52 Å². The van der Waals surface area contributed by atoms with Crippen LogP contribution in [0.3, 0.4) is 0 Å². The van der Waals surface area contributed by atoms with Crippen molar-refractivity contribution in [3.05, 3.63) is 65.7 Å². The van der Waals surface area contributed by atoms with Crippen LogP contribution in [0.1, 0.15) is 5.56 Å². The van der Waals surface area contributed by atoms with Gasteiger partial charge in [0.05, 0.1) is 16.5 Å². The van der Waals surface area contributed by atoms with Crippen molar-refractivity contribution in [2.75, 3.05) is 16.6 Å². The van der Waals surface area contributed by atoms with Crippen molar-refractivity contribution in [2.45, 2.75) is 4.90 Å². The molecule has 0 spiro atoms. The van der Waals surface area contributed by atoms with Crippen molar-refractivity contribution in [2.24, 2.45) is 0 Å². The van der Waals surface area contributed by atoms with Crippen molar-refractivity contribution in [1.82, 2.24) is 4.98 Å². The number of ether oxygens (including phenoxy) is 1. The van der Waals surface area contributed by atoms with Crippen molar-refractivity contribution < 1.29 is 17.9 Å². The summed E-state index contributed by atoms with van der Waals surface area (Å²) in [4.78, 5) is 15.9. The van der Waals surface area contributed by atoms with E-state index >= 15 is 0 Å². The van der Waals surface area contributed by atoms with Gasteiger partial charge in [-0.15, -0.1) is 11.3 Å². The fraction of sp³-hybridized carbons (Fsp3) is 0.0556. The summed E-state index contributed by atoms with van der Waals surface area (Å²) in [6.45, 7) is -0.249. The second kappa shape index (κ2) is 8.51. The van der Waals surface area contributed by atoms with E-state index in [-0.39, 0.29) is 16.6 Å². The maximum absolute atomic E-state index is 12.3. The van der Waals surface area contributed by atoms with Gasteiger partial charge in [0.1, 0.15) is 5.75 Å². The van der Waals surface area contributed by atoms with Crippen molar-refractivity contribution in [3.8, 4) is 11.8 Å². The summed E-state index contributed by atoms with van der Waals surface area (Å²) in [6, 6.07) is 14.2. The molecule has 0 saturated heterocycles. The second-order valence-corrected chi connectivity index (χ2v) is 8.02. The van der Waals surface area contributed by atoms with E-state index in [0.717, 1.165) is 0 Å². The maximum atomic E-state index is 12.3. The molecule has 10 heteroatoms. The van der Waals surface area contributed by atoms with Gasteiger partial charge in [0, 0.05) is 17.3 Å². The zero-order valence-electron chi connectivity index (χ0n) is 14.3. The van der Waals surface area contributed by atoms with Crippen LogP contribution in [0.5, 0.6) is 5.75 Å². The summed E-state index contributed by atoms with van der Waals surface area (Å²) in [5, 5.41) is 13.4. The van der Waals surface area contributed by atoms with Crippen LogP contribution in [0, 0.1) is 11.3 Å². The highest BCUT2D eigenvalue weighted by Gasteiger charge is 2.15. The van der Waals surface area contributed by atoms with Crippen molar-refractivity contribution in [1.29, 1.82) is 5.26 Å². The monoisotopic (exact) mass is 414 g/mol. The number of carbonyl (C=O) groups excluding carboxylic acids is 1. The number of benzene rings is 2. The van der Waals surface area contributed by atoms with Gasteiger partial charge in [-0.1, -0.05) is 6.07 Å². The smallest absolute Gasteiger partial charge is 0.263 e. The van der Waals surface area contributed by atoms with E-state index in [9.17, 15) is 13.2 Å². The molecule has 1 amide bonds. The number of nitrogens with zero attached hydrogens (tertiary/aromatic N) is 2. The Morgan fingerprint density at radius 2 is 2.00 bits per heavy atom. The number of anilines is 2. The third-order valence-corrected chi connectivity index (χ3v) is 5.61. The zero-order valence-corrected chi connectivity index (χ0v) is 16.0. The van der Waals surface area contributed by atoms with E-state index in [1.165, 1.54) is 47.9 Å². The number of hydrogen-bond donors (Lipinski definition) is 2. The molecule has 3 rings (SSSR count). The SMILES string of the molecule is N#Cc1cccc(OCC(=O)Nc2ccc(S(=O)(=O)Nc3nccs3)cc2)c1. The predicted molar refractivity (Wildman–Crippen MR) is 105 cm³/mol. The first kappa shape index (κ1) is 19.3. The van der Waals surface area contributed by atoms with Crippen LogP contribution in [0.15, 0.2) is 65.0 Å². The topological polar surface area (TPSA) is 121 Å². The number of aromatic nitrogens is 1. The Bertz CT molecular complexity index is 1110. The molecular weight excluding hydrogens is 400 g/mol. The van der Waals surface area contributed by atoms with E-state index in [1.807, 2.05) is 6.07 Å². The lowest BCUT2D eigenvalue weighted by Crippen LogP contribution is -2.20. The maximum Gasteiger partial charge on any atom is 0.263 e. The average molecular weight is 414 g/mol. The molecule has 8 nitrogen and oxygen atoms in total. The number of rotatable bonds is 7. The Morgan fingerprint density at radius 1 is 1.21 bits per heavy atom. The lowest BCUT2D eigenvalue weighted by Gasteiger charge is -2.09. The molecule has 28 heavy (non-hydrogen) atoms. The highest BCUT2D eigenvalue weighted by molar-refractivity contribution is 7.93. The molecule has 2 N–H and O–H groups in total. The number of nitriles is 1. The number of sulfonamides is 1. The van der Waals surface area contributed by atoms with Gasteiger partial charge in [-0.25, -0.2) is 13.4 Å². The Labute approximate surface area is 165 Å². The molecular formula is C18H14N4O4S2. The first-order valence-electron chi connectivity index (χ1n) is 7.91. The Balaban J connectivity index is 1.57. The van der Waals surface area contributed by atoms with Gasteiger partial charge < -0.3 is 10.1 Å². The van der Waals surface area contributed by atoms with Gasteiger partial charge in [0.15, 0.2) is 11.7 Å². The van der Waals surface area contributed by atoms with Gasteiger partial charge in [-0.05, 0) is 42.5 Å². The largest absolute Gasteiger partial charge is 0.484 e. The molecule has 0 aliphatic carbocycles. The Hall–Kier alpha value is -3.42. The lowest BCUT2D eigenvalue weighted by atomic mass is 10.2. The summed E-state index contributed by atoms with van der Waals surface area (Å²) in [5.41, 5.74) is 0.855. The summed E-state index contributed by atoms with van der Waals surface area (Å²) >= 11 is 1.17. The molecule has 3 aromatic rings. The highest BCUT2D eigenvalue weighted by Crippen LogP contribution is 2.19. The molecule has 1 heterocycles. The van der Waals surface area contributed by atoms with Crippen LogP contribution in [0.2, 0.25) is 0 Å². The van der Waals surface area contributed by atoms with Crippen LogP contribution >= 0.6 is 11.3 Å². The first-order valence-corrected chi connectivity index (χ1v) is 10.3. The van der Waals surface area contributed by atoms with E-state index < -0.39 is 15.9 Å². The zero-order chi connectivity index (χ0) is 20.0. The number of hydrogen-bond acceptors (Lipinski definition) is 7. The molecule has 0 aliphatic rings. The quantitative estimate of drug-likeness (QED) is 0.613. The van der Waals surface area contributed by atoms with E-state index in [2.05, 4.69) is 15.0 Å². The number of thiazole rings is 1. The summed E-state index contributed by atoms with van der Waals surface area (Å²) in [5.74, 6) is -0.0113. The Morgan fingerprint density at radius 3 is 2.68 bits per heavy atom. The first-order chi connectivity index (χ1) is 13.5. The van der Waals surface area contributed by atoms with Crippen LogP contribution in [0.25, 0.3) is 0 Å². The van der Waals surface area contributed by atoms with Gasteiger partial charge in [-0.2, -0.15) is 5.26 Å². The second-order valence-electron chi connectivity index (χ2n) is 5.44. The molecule has 0 saturated carbocycles. The minimum atomic E-state index is -3.75. The van der Waals surface area contributed by atoms with Gasteiger partial charge in [0.25, 0.3) is 15.9 Å². The number of amides is 1. The fourth-order valence-corrected chi connectivity index (χ4v) is 3.96. The van der Waals surface area contributed by atoms with E-state index in [1.54, 1.807) is 23.6 Å². The molecule has 0 aliphatic heterocycles. The minimum Gasteiger partial charge on any atom is -0.484 e. The highest BCUT2D eigenvalue weighted by atomic mass is 32.2. The third-order valence-electron chi connectivity index (χ3n) is 3.44. The summed E-state index contributed by atoms with van der Waals surface area (Å²) in [6.07, 6.45) is 1.50. The van der Waals surface area contributed by atoms with Gasteiger partial charge >= 0.3 is 0 Å². The van der Waals surface area contributed by atoms with Crippen molar-refractivity contribution >= 4 is 38.1 Å². The molecule has 0 unspecified atom stereocenters. The molecule has 2 aromatic carbocycles. The standard InChI is InChI=1S/C18H14N4O4S2/c19-11-13-2-1-3-15(10-13)26-12-17(23)21-14-4-6-16(7-5-14)28(24,25)22-18-20-8-9-27-18/h1-10H,12H2,(H,20,22)(H,21,23). The van der Waals surface area contributed by atoms with Crippen LogP contribution in [-0.4, -0.2) is 25.9 Å². The van der Waals surface area contributed by atoms with E-state index in [4.69, 9.17) is 10.00 Å². The lowest BCUT2D eigenvalue weighted by molar-refractivity contribution is -0.118. The normalized spacial score (nSPS) is 10.7. The predicted octanol–water partition coefficient (Wildman–Crippen LogP) is 2.83. The molecule has 0 bridgehead atoms. The number of nitrogens with one attached hydrogen (secondary N) is 2. The van der Waals surface area contributed by atoms with Crippen molar-refractivity contribution in [3.63, 3.8) is 0 Å². The van der Waals surface area contributed by atoms with Crippen LogP contribution in [0.4, 0.5) is 10.8 Å².